The van der Waals surface area contributed by atoms with E-state index in [1.54, 1.807) is 10.6 Å². The second-order valence-electron chi connectivity index (χ2n) is 4.63. The van der Waals surface area contributed by atoms with E-state index in [1.165, 1.54) is 17.8 Å². The molecule has 1 amide bonds. The zero-order valence-electron chi connectivity index (χ0n) is 11.7. The molecule has 0 aliphatic rings. The van der Waals surface area contributed by atoms with Crippen molar-refractivity contribution in [3.8, 4) is 0 Å². The van der Waals surface area contributed by atoms with Crippen LogP contribution in [0.15, 0.2) is 46.5 Å². The number of aromatic amines is 1. The molecule has 0 saturated heterocycles. The summed E-state index contributed by atoms with van der Waals surface area (Å²) in [7, 11) is 0. The summed E-state index contributed by atoms with van der Waals surface area (Å²) in [4.78, 5) is 25.8. The number of aromatic nitrogens is 4. The van der Waals surface area contributed by atoms with Gasteiger partial charge in [-0.3, -0.25) is 19.0 Å². The van der Waals surface area contributed by atoms with Gasteiger partial charge in [0, 0.05) is 18.0 Å². The Kier molecular flexibility index (Phi) is 3.92. The molecule has 3 rings (SSSR count). The number of H-pyrrole nitrogens is 1. The largest absolute Gasteiger partial charge is 0.325 e. The van der Waals surface area contributed by atoms with Crippen LogP contribution in [0.1, 0.15) is 5.56 Å². The molecule has 0 unspecified atom stereocenters. The van der Waals surface area contributed by atoms with Crippen molar-refractivity contribution in [1.29, 1.82) is 0 Å². The maximum absolute atomic E-state index is 12.0. The van der Waals surface area contributed by atoms with E-state index in [0.717, 1.165) is 11.3 Å². The van der Waals surface area contributed by atoms with E-state index in [-0.39, 0.29) is 17.2 Å². The topological polar surface area (TPSA) is 92.2 Å². The molecule has 0 atom stereocenters. The molecular formula is C14H13N5O2S. The number of amides is 1. The van der Waals surface area contributed by atoms with Crippen LogP contribution >= 0.6 is 11.8 Å². The van der Waals surface area contributed by atoms with Crippen molar-refractivity contribution < 1.29 is 4.79 Å². The number of nitrogens with one attached hydrogen (secondary N) is 2. The van der Waals surface area contributed by atoms with Crippen LogP contribution in [0.25, 0.3) is 5.78 Å². The fourth-order valence-electron chi connectivity index (χ4n) is 1.92. The van der Waals surface area contributed by atoms with Gasteiger partial charge in [-0.15, -0.1) is 10.2 Å². The molecule has 0 bridgehead atoms. The minimum absolute atomic E-state index is 0.125. The molecule has 0 radical (unpaired) electrons. The quantitative estimate of drug-likeness (QED) is 0.711. The number of benzene rings is 1. The van der Waals surface area contributed by atoms with Crippen LogP contribution in [0.3, 0.4) is 0 Å². The number of aryl methyl sites for hydroxylation is 1. The second-order valence-corrected chi connectivity index (χ2v) is 5.58. The number of hydrogen-bond acceptors (Lipinski definition) is 5. The van der Waals surface area contributed by atoms with Gasteiger partial charge in [-0.2, -0.15) is 0 Å². The van der Waals surface area contributed by atoms with Gasteiger partial charge in [0.05, 0.1) is 5.75 Å². The number of thioether (sulfide) groups is 1. The third-order valence-corrected chi connectivity index (χ3v) is 3.97. The zero-order valence-corrected chi connectivity index (χ0v) is 12.6. The third-order valence-electron chi connectivity index (χ3n) is 3.03. The van der Waals surface area contributed by atoms with Gasteiger partial charge < -0.3 is 5.32 Å². The normalized spacial score (nSPS) is 10.8. The Morgan fingerprint density at radius 1 is 1.32 bits per heavy atom. The van der Waals surface area contributed by atoms with Crippen molar-refractivity contribution in [2.45, 2.75) is 12.1 Å². The number of rotatable bonds is 4. The van der Waals surface area contributed by atoms with E-state index in [1.807, 2.05) is 31.2 Å². The standard InChI is InChI=1S/C14H13N5O2S/c1-9-4-2-3-5-10(9)15-12(21)8-22-14-18-17-13-16-11(20)6-7-19(13)14/h2-7H,8H2,1H3,(H,15,21)(H,16,17,20). The fourth-order valence-corrected chi connectivity index (χ4v) is 2.64. The fraction of sp³-hybridized carbons (Fsp3) is 0.143. The Morgan fingerprint density at radius 2 is 2.14 bits per heavy atom. The molecule has 0 saturated carbocycles. The molecule has 0 spiro atoms. The Hall–Kier alpha value is -2.61. The van der Waals surface area contributed by atoms with Crippen LogP contribution in [0.4, 0.5) is 5.69 Å². The lowest BCUT2D eigenvalue weighted by atomic mass is 10.2. The zero-order chi connectivity index (χ0) is 15.5. The number of carbonyl (C=O) groups excluding carboxylic acids is 1. The van der Waals surface area contributed by atoms with E-state index >= 15 is 0 Å². The average Bonchev–Trinajstić information content (AvgIpc) is 2.89. The predicted molar refractivity (Wildman–Crippen MR) is 84.1 cm³/mol. The summed E-state index contributed by atoms with van der Waals surface area (Å²) < 4.78 is 1.63. The monoisotopic (exact) mass is 315 g/mol. The van der Waals surface area contributed by atoms with E-state index in [0.29, 0.717) is 10.9 Å². The molecule has 2 N–H and O–H groups in total. The molecule has 3 aromatic rings. The highest BCUT2D eigenvalue weighted by molar-refractivity contribution is 7.99. The van der Waals surface area contributed by atoms with Gasteiger partial charge in [-0.25, -0.2) is 0 Å². The van der Waals surface area contributed by atoms with E-state index in [2.05, 4.69) is 20.5 Å². The number of hydrogen-bond donors (Lipinski definition) is 2. The van der Waals surface area contributed by atoms with Gasteiger partial charge in [-0.05, 0) is 18.6 Å². The maximum Gasteiger partial charge on any atom is 0.252 e. The van der Waals surface area contributed by atoms with Crippen LogP contribution < -0.4 is 10.9 Å². The first-order valence-electron chi connectivity index (χ1n) is 6.56. The minimum atomic E-state index is -0.242. The van der Waals surface area contributed by atoms with Gasteiger partial charge in [0.2, 0.25) is 11.7 Å². The second kappa shape index (κ2) is 6.02. The number of nitrogens with zero attached hydrogens (tertiary/aromatic N) is 3. The summed E-state index contributed by atoms with van der Waals surface area (Å²) in [5, 5.41) is 11.2. The molecule has 0 aliphatic heterocycles. The van der Waals surface area contributed by atoms with Crippen LogP contribution in [-0.4, -0.2) is 31.2 Å². The Bertz CT molecular complexity index is 886. The number of anilines is 1. The molecule has 0 fully saturated rings. The summed E-state index contributed by atoms with van der Waals surface area (Å²) in [6.45, 7) is 1.94. The van der Waals surface area contributed by atoms with Gasteiger partial charge in [0.15, 0.2) is 5.16 Å². The molecule has 7 nitrogen and oxygen atoms in total. The van der Waals surface area contributed by atoms with E-state index < -0.39 is 0 Å². The first kappa shape index (κ1) is 14.3. The molecule has 1 aromatic carbocycles. The Labute approximate surface area is 129 Å². The number of para-hydroxylation sites is 1. The van der Waals surface area contributed by atoms with Crippen LogP contribution in [0, 0.1) is 6.92 Å². The molecule has 8 heteroatoms. The maximum atomic E-state index is 12.0. The smallest absolute Gasteiger partial charge is 0.252 e. The van der Waals surface area contributed by atoms with Gasteiger partial charge in [-0.1, -0.05) is 30.0 Å². The highest BCUT2D eigenvalue weighted by atomic mass is 32.2. The highest BCUT2D eigenvalue weighted by Crippen LogP contribution is 2.17. The SMILES string of the molecule is Cc1ccccc1NC(=O)CSc1nnc2[nH]c(=O)ccn12. The average molecular weight is 315 g/mol. The Balaban J connectivity index is 1.68. The van der Waals surface area contributed by atoms with Crippen LogP contribution in [-0.2, 0) is 4.79 Å². The number of carbonyl (C=O) groups is 1. The van der Waals surface area contributed by atoms with Crippen LogP contribution in [0.2, 0.25) is 0 Å². The molecular weight excluding hydrogens is 302 g/mol. The van der Waals surface area contributed by atoms with Crippen molar-refractivity contribution in [2.24, 2.45) is 0 Å². The first-order valence-corrected chi connectivity index (χ1v) is 7.54. The van der Waals surface area contributed by atoms with Crippen molar-refractivity contribution in [1.82, 2.24) is 19.6 Å². The lowest BCUT2D eigenvalue weighted by Crippen LogP contribution is -2.15. The molecule has 2 heterocycles. The Morgan fingerprint density at radius 3 is 2.95 bits per heavy atom. The van der Waals surface area contributed by atoms with Crippen molar-refractivity contribution in [2.75, 3.05) is 11.1 Å². The van der Waals surface area contributed by atoms with Gasteiger partial charge in [0.25, 0.3) is 5.56 Å². The third kappa shape index (κ3) is 3.01. The first-order chi connectivity index (χ1) is 10.6. The van der Waals surface area contributed by atoms with Gasteiger partial charge >= 0.3 is 0 Å². The summed E-state index contributed by atoms with van der Waals surface area (Å²) in [6.07, 6.45) is 1.58. The molecule has 22 heavy (non-hydrogen) atoms. The van der Waals surface area contributed by atoms with Gasteiger partial charge in [0.1, 0.15) is 0 Å². The molecule has 112 valence electrons. The molecule has 0 aliphatic carbocycles. The van der Waals surface area contributed by atoms with Crippen molar-refractivity contribution in [3.05, 3.63) is 52.4 Å². The van der Waals surface area contributed by atoms with E-state index in [4.69, 9.17) is 0 Å². The summed E-state index contributed by atoms with van der Waals surface area (Å²) >= 11 is 1.25. The van der Waals surface area contributed by atoms with E-state index in [9.17, 15) is 9.59 Å². The summed E-state index contributed by atoms with van der Waals surface area (Å²) in [5.41, 5.74) is 1.56. The lowest BCUT2D eigenvalue weighted by Gasteiger charge is -2.07. The number of fused-ring (bicyclic) bond motifs is 1. The van der Waals surface area contributed by atoms with Crippen LogP contribution in [0.5, 0.6) is 0 Å². The lowest BCUT2D eigenvalue weighted by molar-refractivity contribution is -0.113. The summed E-state index contributed by atoms with van der Waals surface area (Å²) in [5.74, 6) is 0.434. The highest BCUT2D eigenvalue weighted by Gasteiger charge is 2.10. The molecule has 2 aromatic heterocycles. The minimum Gasteiger partial charge on any atom is -0.325 e. The van der Waals surface area contributed by atoms with Crippen molar-refractivity contribution >= 4 is 29.1 Å². The summed E-state index contributed by atoms with van der Waals surface area (Å²) in [6, 6.07) is 8.97. The van der Waals surface area contributed by atoms with Crippen molar-refractivity contribution in [3.63, 3.8) is 0 Å². The predicted octanol–water partition coefficient (Wildman–Crippen LogP) is 1.46.